The van der Waals surface area contributed by atoms with Gasteiger partial charge in [-0.15, -0.1) is 24.0 Å². The number of carbonyl (C=O) groups is 1. The maximum Gasteiger partial charge on any atom is 0.241 e. The summed E-state index contributed by atoms with van der Waals surface area (Å²) in [5.74, 6) is 1.51. The number of nitrogens with one attached hydrogen (secondary N) is 2. The molecular weight excluding hydrogens is 469 g/mol. The Balaban J connectivity index is 0.00000392. The molecule has 1 fully saturated rings. The van der Waals surface area contributed by atoms with Crippen LogP contribution in [-0.4, -0.2) is 75.6 Å². The van der Waals surface area contributed by atoms with Crippen molar-refractivity contribution in [2.24, 2.45) is 4.99 Å². The number of carbonyl (C=O) groups excluding carboxylic acids is 1. The first-order valence-corrected chi connectivity index (χ1v) is 9.66. The molecule has 1 aromatic rings. The average Bonchev–Trinajstić information content (AvgIpc) is 2.70. The molecule has 158 valence electrons. The highest BCUT2D eigenvalue weighted by Crippen LogP contribution is 2.11. The predicted octanol–water partition coefficient (Wildman–Crippen LogP) is 1.92. The van der Waals surface area contributed by atoms with E-state index in [1.54, 1.807) is 26.1 Å². The maximum atomic E-state index is 11.9. The number of hydrogen-bond donors (Lipinski definition) is 2. The fourth-order valence-corrected chi connectivity index (χ4v) is 2.91. The Labute approximate surface area is 185 Å². The Morgan fingerprint density at radius 2 is 1.82 bits per heavy atom. The molecule has 1 aliphatic rings. The van der Waals surface area contributed by atoms with Gasteiger partial charge >= 0.3 is 0 Å². The summed E-state index contributed by atoms with van der Waals surface area (Å²) >= 11 is 0. The maximum absolute atomic E-state index is 11.9. The number of ether oxygens (including phenoxy) is 1. The molecule has 0 aromatic heterocycles. The third kappa shape index (κ3) is 9.09. The summed E-state index contributed by atoms with van der Waals surface area (Å²) in [6, 6.07) is 7.85. The van der Waals surface area contributed by atoms with Gasteiger partial charge in [0.25, 0.3) is 0 Å². The van der Waals surface area contributed by atoms with Gasteiger partial charge in [-0.3, -0.25) is 4.79 Å². The third-order valence-electron chi connectivity index (χ3n) is 4.65. The second-order valence-corrected chi connectivity index (χ2v) is 6.98. The summed E-state index contributed by atoms with van der Waals surface area (Å²) in [5, 5.41) is 6.49. The van der Waals surface area contributed by atoms with E-state index in [1.165, 1.54) is 32.4 Å². The Hall–Kier alpha value is -1.55. The van der Waals surface area contributed by atoms with Gasteiger partial charge in [0.1, 0.15) is 5.75 Å². The molecule has 1 heterocycles. The zero-order valence-electron chi connectivity index (χ0n) is 17.2. The van der Waals surface area contributed by atoms with Crippen molar-refractivity contribution >= 4 is 35.8 Å². The van der Waals surface area contributed by atoms with Crippen molar-refractivity contribution in [1.82, 2.24) is 20.4 Å². The van der Waals surface area contributed by atoms with Crippen molar-refractivity contribution in [1.29, 1.82) is 0 Å². The first-order valence-electron chi connectivity index (χ1n) is 9.66. The van der Waals surface area contributed by atoms with E-state index in [4.69, 9.17) is 4.74 Å². The zero-order chi connectivity index (χ0) is 19.5. The van der Waals surface area contributed by atoms with E-state index in [0.717, 1.165) is 24.4 Å². The highest BCUT2D eigenvalue weighted by Gasteiger charge is 2.10. The van der Waals surface area contributed by atoms with E-state index in [1.807, 2.05) is 24.3 Å². The number of guanidine groups is 1. The minimum absolute atomic E-state index is 0. The number of aliphatic imine (C=N–C) groups is 1. The number of nitrogens with zero attached hydrogens (tertiary/aromatic N) is 3. The van der Waals surface area contributed by atoms with Crippen LogP contribution in [0.2, 0.25) is 0 Å². The molecule has 1 aromatic carbocycles. The van der Waals surface area contributed by atoms with Crippen LogP contribution in [0, 0.1) is 0 Å². The monoisotopic (exact) mass is 503 g/mol. The van der Waals surface area contributed by atoms with Crippen LogP contribution in [0.25, 0.3) is 0 Å². The molecule has 0 radical (unpaired) electrons. The Bertz CT molecular complexity index is 601. The molecule has 0 bridgehead atoms. The van der Waals surface area contributed by atoms with Crippen molar-refractivity contribution in [2.45, 2.75) is 25.8 Å². The molecule has 0 atom stereocenters. The van der Waals surface area contributed by atoms with Gasteiger partial charge in [0.05, 0.1) is 20.2 Å². The van der Waals surface area contributed by atoms with Gasteiger partial charge in [0.2, 0.25) is 5.91 Å². The van der Waals surface area contributed by atoms with Crippen LogP contribution in [-0.2, 0) is 11.3 Å². The molecular formula is C20H34IN5O2. The van der Waals surface area contributed by atoms with E-state index in [0.29, 0.717) is 12.5 Å². The molecule has 7 nitrogen and oxygen atoms in total. The minimum Gasteiger partial charge on any atom is -0.497 e. The Morgan fingerprint density at radius 1 is 1.14 bits per heavy atom. The van der Waals surface area contributed by atoms with Crippen LogP contribution in [0.15, 0.2) is 29.3 Å². The van der Waals surface area contributed by atoms with Crippen LogP contribution < -0.4 is 15.4 Å². The molecule has 0 saturated carbocycles. The molecule has 2 N–H and O–H groups in total. The number of amides is 1. The predicted molar refractivity (Wildman–Crippen MR) is 125 cm³/mol. The van der Waals surface area contributed by atoms with E-state index >= 15 is 0 Å². The summed E-state index contributed by atoms with van der Waals surface area (Å²) in [6.45, 7) is 4.92. The van der Waals surface area contributed by atoms with Crippen LogP contribution in [0.1, 0.15) is 24.8 Å². The number of methoxy groups -OCH3 is 1. The van der Waals surface area contributed by atoms with E-state index in [9.17, 15) is 4.79 Å². The topological polar surface area (TPSA) is 69.2 Å². The summed E-state index contributed by atoms with van der Waals surface area (Å²) < 4.78 is 5.19. The van der Waals surface area contributed by atoms with E-state index < -0.39 is 0 Å². The first-order chi connectivity index (χ1) is 13.1. The number of benzene rings is 1. The van der Waals surface area contributed by atoms with Crippen molar-refractivity contribution in [2.75, 3.05) is 53.9 Å². The Kier molecular flexibility index (Phi) is 11.9. The quantitative estimate of drug-likeness (QED) is 0.323. The number of likely N-dealkylation sites (tertiary alicyclic amines) is 1. The molecule has 8 heteroatoms. The van der Waals surface area contributed by atoms with Gasteiger partial charge in [-0.2, -0.15) is 0 Å². The lowest BCUT2D eigenvalue weighted by Crippen LogP contribution is -2.45. The van der Waals surface area contributed by atoms with Gasteiger partial charge < -0.3 is 25.2 Å². The molecule has 0 spiro atoms. The molecule has 2 rings (SSSR count). The fraction of sp³-hybridized carbons (Fsp3) is 0.600. The lowest BCUT2D eigenvalue weighted by Gasteiger charge is -2.26. The van der Waals surface area contributed by atoms with Crippen LogP contribution in [0.4, 0.5) is 0 Å². The smallest absolute Gasteiger partial charge is 0.241 e. The normalized spacial score (nSPS) is 14.8. The molecule has 28 heavy (non-hydrogen) atoms. The number of hydrogen-bond acceptors (Lipinski definition) is 4. The van der Waals surface area contributed by atoms with Crippen molar-refractivity contribution in [3.63, 3.8) is 0 Å². The number of likely N-dealkylation sites (N-methyl/N-ethyl adjacent to an activating group) is 1. The number of piperidine rings is 1. The SMILES string of the molecule is COc1ccc(CN=C(NCCN2CCCCC2)NCC(=O)N(C)C)cc1.I. The van der Waals surface area contributed by atoms with Gasteiger partial charge in [-0.25, -0.2) is 4.99 Å². The number of halogens is 1. The van der Waals surface area contributed by atoms with Crippen LogP contribution >= 0.6 is 24.0 Å². The van der Waals surface area contributed by atoms with Crippen molar-refractivity contribution < 1.29 is 9.53 Å². The van der Waals surface area contributed by atoms with Gasteiger partial charge in [-0.1, -0.05) is 18.6 Å². The van der Waals surface area contributed by atoms with Crippen molar-refractivity contribution in [3.05, 3.63) is 29.8 Å². The van der Waals surface area contributed by atoms with Crippen molar-refractivity contribution in [3.8, 4) is 5.75 Å². The zero-order valence-corrected chi connectivity index (χ0v) is 19.6. The standard InChI is InChI=1S/C20H33N5O2.HI/c1-24(2)19(26)16-23-20(21-11-14-25-12-5-4-6-13-25)22-15-17-7-9-18(27-3)10-8-17;/h7-10H,4-6,11-16H2,1-3H3,(H2,21,22,23);1H. The van der Waals surface area contributed by atoms with Gasteiger partial charge in [0.15, 0.2) is 5.96 Å². The lowest BCUT2D eigenvalue weighted by molar-refractivity contribution is -0.127. The van der Waals surface area contributed by atoms with E-state index in [2.05, 4.69) is 20.5 Å². The highest BCUT2D eigenvalue weighted by atomic mass is 127. The average molecular weight is 503 g/mol. The molecule has 1 aliphatic heterocycles. The second kappa shape index (κ2) is 13.6. The summed E-state index contributed by atoms with van der Waals surface area (Å²) in [6.07, 6.45) is 3.91. The lowest BCUT2D eigenvalue weighted by atomic mass is 10.1. The summed E-state index contributed by atoms with van der Waals surface area (Å²) in [4.78, 5) is 20.5. The minimum atomic E-state index is 0. The van der Waals surface area contributed by atoms with E-state index in [-0.39, 0.29) is 36.4 Å². The third-order valence-corrected chi connectivity index (χ3v) is 4.65. The largest absolute Gasteiger partial charge is 0.497 e. The highest BCUT2D eigenvalue weighted by molar-refractivity contribution is 14.0. The summed E-state index contributed by atoms with van der Waals surface area (Å²) in [5.41, 5.74) is 1.09. The number of rotatable bonds is 8. The Morgan fingerprint density at radius 3 is 2.43 bits per heavy atom. The second-order valence-electron chi connectivity index (χ2n) is 6.98. The van der Waals surface area contributed by atoms with Gasteiger partial charge in [-0.05, 0) is 43.6 Å². The van der Waals surface area contributed by atoms with Crippen LogP contribution in [0.5, 0.6) is 5.75 Å². The summed E-state index contributed by atoms with van der Waals surface area (Å²) in [7, 11) is 5.16. The van der Waals surface area contributed by atoms with Crippen LogP contribution in [0.3, 0.4) is 0 Å². The molecule has 0 unspecified atom stereocenters. The van der Waals surface area contributed by atoms with Gasteiger partial charge in [0, 0.05) is 27.2 Å². The molecule has 1 saturated heterocycles. The first kappa shape index (κ1) is 24.5. The molecule has 1 amide bonds. The fourth-order valence-electron chi connectivity index (χ4n) is 2.91. The molecule has 0 aliphatic carbocycles.